The predicted molar refractivity (Wildman–Crippen MR) is 61.8 cm³/mol. The van der Waals surface area contributed by atoms with Crippen LogP contribution in [-0.4, -0.2) is 9.55 Å². The summed E-state index contributed by atoms with van der Waals surface area (Å²) in [5.41, 5.74) is 1.33. The Morgan fingerprint density at radius 2 is 2.00 bits per heavy atom. The van der Waals surface area contributed by atoms with Crippen molar-refractivity contribution < 1.29 is 0 Å². The van der Waals surface area contributed by atoms with Gasteiger partial charge in [0.1, 0.15) is 5.82 Å². The van der Waals surface area contributed by atoms with Crippen LogP contribution in [0, 0.1) is 0 Å². The summed E-state index contributed by atoms with van der Waals surface area (Å²) < 4.78 is 2.22. The van der Waals surface area contributed by atoms with Gasteiger partial charge in [-0.15, -0.1) is 0 Å². The molecule has 1 heterocycles. The maximum Gasteiger partial charge on any atom is 0.108 e. The monoisotopic (exact) mass is 200 g/mol. The Morgan fingerprint density at radius 3 is 2.73 bits per heavy atom. The fourth-order valence-corrected chi connectivity index (χ4v) is 1.72. The zero-order chi connectivity index (χ0) is 10.5. The van der Waals surface area contributed by atoms with Crippen molar-refractivity contribution in [1.29, 1.82) is 0 Å². The van der Waals surface area contributed by atoms with Crippen molar-refractivity contribution in [3.8, 4) is 0 Å². The van der Waals surface area contributed by atoms with Gasteiger partial charge in [0.05, 0.1) is 0 Å². The molecule has 0 unspecified atom stereocenters. The van der Waals surface area contributed by atoms with E-state index in [1.807, 2.05) is 12.3 Å². The number of aromatic nitrogens is 2. The molecule has 0 radical (unpaired) electrons. The van der Waals surface area contributed by atoms with Crippen LogP contribution in [0.4, 0.5) is 0 Å². The third-order valence-electron chi connectivity index (χ3n) is 2.47. The fraction of sp³-hybridized carbons (Fsp3) is 0.308. The van der Waals surface area contributed by atoms with Crippen molar-refractivity contribution in [2.75, 3.05) is 0 Å². The molecule has 0 N–H and O–H groups in total. The molecule has 1 aromatic carbocycles. The Morgan fingerprint density at radius 1 is 1.20 bits per heavy atom. The van der Waals surface area contributed by atoms with E-state index in [4.69, 9.17) is 0 Å². The molecule has 0 bridgehead atoms. The van der Waals surface area contributed by atoms with Gasteiger partial charge in [0, 0.05) is 25.4 Å². The fourth-order valence-electron chi connectivity index (χ4n) is 1.72. The van der Waals surface area contributed by atoms with Crippen LogP contribution in [0.25, 0.3) is 0 Å². The summed E-state index contributed by atoms with van der Waals surface area (Å²) in [5, 5.41) is 0. The van der Waals surface area contributed by atoms with E-state index in [2.05, 4.69) is 46.9 Å². The van der Waals surface area contributed by atoms with E-state index in [0.29, 0.717) is 0 Å². The number of hydrogen-bond donors (Lipinski definition) is 0. The van der Waals surface area contributed by atoms with Crippen molar-refractivity contribution in [1.82, 2.24) is 9.55 Å². The first-order valence-electron chi connectivity index (χ1n) is 5.44. The average Bonchev–Trinajstić information content (AvgIpc) is 2.68. The molecule has 0 saturated carbocycles. The van der Waals surface area contributed by atoms with Crippen LogP contribution in [-0.2, 0) is 13.0 Å². The summed E-state index contributed by atoms with van der Waals surface area (Å²) in [6, 6.07) is 10.5. The number of aryl methyl sites for hydroxylation is 1. The van der Waals surface area contributed by atoms with Crippen molar-refractivity contribution >= 4 is 0 Å². The Labute approximate surface area is 90.6 Å². The maximum absolute atomic E-state index is 4.37. The second kappa shape index (κ2) is 4.78. The number of imidazole rings is 1. The zero-order valence-electron chi connectivity index (χ0n) is 9.06. The molecule has 0 aliphatic carbocycles. The van der Waals surface area contributed by atoms with E-state index in [-0.39, 0.29) is 0 Å². The minimum absolute atomic E-state index is 0.927. The minimum atomic E-state index is 0.927. The van der Waals surface area contributed by atoms with Gasteiger partial charge >= 0.3 is 0 Å². The highest BCUT2D eigenvalue weighted by atomic mass is 15.1. The number of nitrogens with zero attached hydrogens (tertiary/aromatic N) is 2. The van der Waals surface area contributed by atoms with Crippen molar-refractivity contribution in [3.05, 3.63) is 54.1 Å². The predicted octanol–water partition coefficient (Wildman–Crippen LogP) is 2.88. The second-order valence-corrected chi connectivity index (χ2v) is 3.71. The lowest BCUT2D eigenvalue weighted by molar-refractivity contribution is 0.705. The molecule has 0 aliphatic heterocycles. The van der Waals surface area contributed by atoms with Crippen LogP contribution in [0.15, 0.2) is 42.7 Å². The molecule has 2 heteroatoms. The summed E-state index contributed by atoms with van der Waals surface area (Å²) in [5.74, 6) is 1.18. The highest BCUT2D eigenvalue weighted by Crippen LogP contribution is 2.06. The average molecular weight is 200 g/mol. The third-order valence-corrected chi connectivity index (χ3v) is 2.47. The van der Waals surface area contributed by atoms with Crippen LogP contribution in [0.3, 0.4) is 0 Å². The van der Waals surface area contributed by atoms with Crippen molar-refractivity contribution in [2.45, 2.75) is 26.3 Å². The summed E-state index contributed by atoms with van der Waals surface area (Å²) in [4.78, 5) is 4.37. The molecule has 15 heavy (non-hydrogen) atoms. The number of benzene rings is 1. The third kappa shape index (κ3) is 2.46. The lowest BCUT2D eigenvalue weighted by atomic mass is 10.2. The Balaban J connectivity index is 2.14. The van der Waals surface area contributed by atoms with Crippen LogP contribution >= 0.6 is 0 Å². The quantitative estimate of drug-likeness (QED) is 0.742. The molecule has 2 rings (SSSR count). The van der Waals surface area contributed by atoms with Crippen LogP contribution < -0.4 is 0 Å². The highest BCUT2D eigenvalue weighted by Gasteiger charge is 2.01. The van der Waals surface area contributed by atoms with E-state index >= 15 is 0 Å². The van der Waals surface area contributed by atoms with Crippen LogP contribution in [0.1, 0.15) is 24.7 Å². The van der Waals surface area contributed by atoms with Gasteiger partial charge < -0.3 is 4.57 Å². The van der Waals surface area contributed by atoms with Gasteiger partial charge in [-0.3, -0.25) is 0 Å². The molecule has 1 aromatic heterocycles. The molecule has 0 amide bonds. The molecule has 0 fully saturated rings. The van der Waals surface area contributed by atoms with Gasteiger partial charge in [-0.05, 0) is 12.0 Å². The van der Waals surface area contributed by atoms with Gasteiger partial charge in [-0.1, -0.05) is 37.3 Å². The molecule has 0 spiro atoms. The summed E-state index contributed by atoms with van der Waals surface area (Å²) >= 11 is 0. The summed E-state index contributed by atoms with van der Waals surface area (Å²) in [7, 11) is 0. The number of rotatable bonds is 4. The van der Waals surface area contributed by atoms with E-state index in [1.54, 1.807) is 0 Å². The Kier molecular flexibility index (Phi) is 3.18. The van der Waals surface area contributed by atoms with E-state index in [1.165, 1.54) is 11.4 Å². The van der Waals surface area contributed by atoms with E-state index in [9.17, 15) is 0 Å². The molecular weight excluding hydrogens is 184 g/mol. The largest absolute Gasteiger partial charge is 0.331 e. The first kappa shape index (κ1) is 9.97. The highest BCUT2D eigenvalue weighted by molar-refractivity contribution is 5.15. The normalized spacial score (nSPS) is 10.5. The van der Waals surface area contributed by atoms with Crippen molar-refractivity contribution in [2.24, 2.45) is 0 Å². The van der Waals surface area contributed by atoms with Crippen molar-refractivity contribution in [3.63, 3.8) is 0 Å². The van der Waals surface area contributed by atoms with Crippen LogP contribution in [0.2, 0.25) is 0 Å². The maximum atomic E-state index is 4.37. The van der Waals surface area contributed by atoms with E-state index in [0.717, 1.165) is 19.4 Å². The van der Waals surface area contributed by atoms with Gasteiger partial charge in [0.25, 0.3) is 0 Å². The Hall–Kier alpha value is -1.57. The smallest absolute Gasteiger partial charge is 0.108 e. The SMILES string of the molecule is CCCc1nccn1Cc1ccccc1. The standard InChI is InChI=1S/C13H16N2/c1-2-6-13-14-9-10-15(13)11-12-7-4-3-5-8-12/h3-5,7-10H,2,6,11H2,1H3. The molecule has 0 saturated heterocycles. The minimum Gasteiger partial charge on any atom is -0.331 e. The molecule has 0 aliphatic rings. The second-order valence-electron chi connectivity index (χ2n) is 3.71. The van der Waals surface area contributed by atoms with Gasteiger partial charge in [-0.25, -0.2) is 4.98 Å². The summed E-state index contributed by atoms with van der Waals surface area (Å²) in [6.45, 7) is 3.11. The summed E-state index contributed by atoms with van der Waals surface area (Å²) in [6.07, 6.45) is 6.14. The zero-order valence-corrected chi connectivity index (χ0v) is 9.06. The topological polar surface area (TPSA) is 17.8 Å². The number of hydrogen-bond acceptors (Lipinski definition) is 1. The molecule has 2 nitrogen and oxygen atoms in total. The lowest BCUT2D eigenvalue weighted by Gasteiger charge is -2.06. The lowest BCUT2D eigenvalue weighted by Crippen LogP contribution is -2.03. The van der Waals surface area contributed by atoms with Gasteiger partial charge in [0.15, 0.2) is 0 Å². The van der Waals surface area contributed by atoms with Gasteiger partial charge in [0.2, 0.25) is 0 Å². The van der Waals surface area contributed by atoms with Crippen LogP contribution in [0.5, 0.6) is 0 Å². The first-order chi connectivity index (χ1) is 7.40. The van der Waals surface area contributed by atoms with Gasteiger partial charge in [-0.2, -0.15) is 0 Å². The molecule has 2 aromatic rings. The molecular formula is C13H16N2. The Bertz CT molecular complexity index is 403. The molecule has 0 atom stereocenters. The van der Waals surface area contributed by atoms with E-state index < -0.39 is 0 Å². The first-order valence-corrected chi connectivity index (χ1v) is 5.44. The molecule has 78 valence electrons.